The number of alkyl halides is 2. The second-order valence-electron chi connectivity index (χ2n) is 9.47. The Labute approximate surface area is 244 Å². The average Bonchev–Trinajstić information content (AvgIpc) is 3.47. The molecule has 2 aromatic heterocycles. The van der Waals surface area contributed by atoms with Crippen LogP contribution in [-0.2, 0) is 11.2 Å². The first-order chi connectivity index (χ1) is 20.2. The third-order valence-electron chi connectivity index (χ3n) is 6.77. The van der Waals surface area contributed by atoms with Crippen molar-refractivity contribution < 1.29 is 32.6 Å². The molecule has 0 radical (unpaired) electrons. The number of rotatable bonds is 8. The molecule has 1 amide bonds. The van der Waals surface area contributed by atoms with Gasteiger partial charge in [0.15, 0.2) is 0 Å². The molecule has 0 spiro atoms. The number of hydrogen-bond donors (Lipinski definition) is 3. The zero-order chi connectivity index (χ0) is 29.8. The Balaban J connectivity index is 1.51. The summed E-state index contributed by atoms with van der Waals surface area (Å²) >= 11 is 6.09. The summed E-state index contributed by atoms with van der Waals surface area (Å²) in [5.41, 5.74) is 3.47. The van der Waals surface area contributed by atoms with Crippen LogP contribution in [0.25, 0.3) is 22.4 Å². The predicted octanol–water partition coefficient (Wildman–Crippen LogP) is 7.55. The Morgan fingerprint density at radius 1 is 1.05 bits per heavy atom. The molecule has 0 fully saturated rings. The molecular formula is C31H25ClF3N4O3+. The number of ether oxygens (including phenoxy) is 1. The first-order valence-electron chi connectivity index (χ1n) is 12.8. The molecule has 214 valence electrons. The number of H-pyrrole nitrogens is 1. The maximum Gasteiger partial charge on any atom is 0.411 e. The van der Waals surface area contributed by atoms with Crippen LogP contribution in [0.1, 0.15) is 35.0 Å². The fourth-order valence-corrected chi connectivity index (χ4v) is 4.83. The topological polar surface area (TPSA) is 91.1 Å². The van der Waals surface area contributed by atoms with Gasteiger partial charge in [0.1, 0.15) is 17.6 Å². The number of imidazole rings is 1. The van der Waals surface area contributed by atoms with E-state index >= 15 is 0 Å². The normalized spacial score (nSPS) is 11.9. The summed E-state index contributed by atoms with van der Waals surface area (Å²) < 4.78 is 46.5. The molecule has 5 rings (SSSR count). The Bertz CT molecular complexity index is 1710. The second-order valence-corrected chi connectivity index (χ2v) is 9.90. The van der Waals surface area contributed by atoms with Gasteiger partial charge < -0.3 is 9.72 Å². The summed E-state index contributed by atoms with van der Waals surface area (Å²) in [6.07, 6.45) is 0.0858. The number of amides is 1. The second kappa shape index (κ2) is 12.4. The number of carbonyl (C=O) groups is 1. The van der Waals surface area contributed by atoms with Crippen molar-refractivity contribution in [1.29, 1.82) is 0 Å². The van der Waals surface area contributed by atoms with Crippen molar-refractivity contribution in [2.75, 3.05) is 12.4 Å². The van der Waals surface area contributed by atoms with Gasteiger partial charge in [-0.25, -0.2) is 22.9 Å². The van der Waals surface area contributed by atoms with Gasteiger partial charge >= 0.3 is 6.09 Å². The van der Waals surface area contributed by atoms with E-state index in [1.807, 2.05) is 0 Å². The fraction of sp³-hybridized carbons (Fsp3) is 0.129. The van der Waals surface area contributed by atoms with E-state index in [0.29, 0.717) is 34.9 Å². The quantitative estimate of drug-likeness (QED) is 0.128. The van der Waals surface area contributed by atoms with Crippen molar-refractivity contribution in [1.82, 2.24) is 9.97 Å². The van der Waals surface area contributed by atoms with E-state index in [-0.39, 0.29) is 22.0 Å². The zero-order valence-electron chi connectivity index (χ0n) is 22.2. The van der Waals surface area contributed by atoms with Crippen molar-refractivity contribution >= 4 is 23.4 Å². The van der Waals surface area contributed by atoms with Gasteiger partial charge in [0.05, 0.1) is 18.4 Å². The highest BCUT2D eigenvalue weighted by Gasteiger charge is 2.29. The molecule has 0 aliphatic heterocycles. The van der Waals surface area contributed by atoms with Crippen LogP contribution in [0.4, 0.5) is 23.7 Å². The van der Waals surface area contributed by atoms with Crippen LogP contribution in [0.5, 0.6) is 0 Å². The van der Waals surface area contributed by atoms with Crippen LogP contribution in [0.3, 0.4) is 0 Å². The zero-order valence-corrected chi connectivity index (χ0v) is 22.9. The summed E-state index contributed by atoms with van der Waals surface area (Å²) in [5.74, 6) is -0.395. The molecule has 1 unspecified atom stereocenters. The fourth-order valence-electron chi connectivity index (χ4n) is 4.66. The van der Waals surface area contributed by atoms with Gasteiger partial charge in [-0.05, 0) is 60.0 Å². The lowest BCUT2D eigenvalue weighted by molar-refractivity contribution is -0.909. The molecule has 0 aliphatic rings. The molecule has 0 aliphatic carbocycles. The molecule has 42 heavy (non-hydrogen) atoms. The van der Waals surface area contributed by atoms with E-state index in [1.165, 1.54) is 43.6 Å². The summed E-state index contributed by atoms with van der Waals surface area (Å²) in [6, 6.07) is 20.3. The van der Waals surface area contributed by atoms with Gasteiger partial charge in [-0.2, -0.15) is 0 Å². The first kappa shape index (κ1) is 28.7. The van der Waals surface area contributed by atoms with Crippen LogP contribution in [0, 0.1) is 5.82 Å². The third kappa shape index (κ3) is 6.39. The van der Waals surface area contributed by atoms with Gasteiger partial charge in [-0.1, -0.05) is 41.9 Å². The van der Waals surface area contributed by atoms with E-state index in [0.717, 1.165) is 15.9 Å². The minimum Gasteiger partial charge on any atom is -0.453 e. The largest absolute Gasteiger partial charge is 0.453 e. The number of methoxy groups -OCH3 is 1. The number of aromatic amines is 1. The van der Waals surface area contributed by atoms with Crippen LogP contribution in [0.15, 0.2) is 91.3 Å². The monoisotopic (exact) mass is 593 g/mol. The van der Waals surface area contributed by atoms with Crippen molar-refractivity contribution in [3.05, 3.63) is 125 Å². The summed E-state index contributed by atoms with van der Waals surface area (Å²) in [7, 11) is 1.28. The molecular weight excluding hydrogens is 569 g/mol. The highest BCUT2D eigenvalue weighted by Crippen LogP contribution is 2.34. The Kier molecular flexibility index (Phi) is 8.44. The van der Waals surface area contributed by atoms with Gasteiger partial charge in [0, 0.05) is 38.8 Å². The number of aromatic nitrogens is 3. The number of carbonyl (C=O) groups excluding carboxylic acids is 1. The van der Waals surface area contributed by atoms with Gasteiger partial charge in [-0.15, -0.1) is 0 Å². The molecule has 0 saturated heterocycles. The van der Waals surface area contributed by atoms with Gasteiger partial charge in [-0.3, -0.25) is 10.5 Å². The number of anilines is 1. The minimum absolute atomic E-state index is 0.201. The van der Waals surface area contributed by atoms with Crippen molar-refractivity contribution in [3.8, 4) is 22.4 Å². The number of benzene rings is 3. The summed E-state index contributed by atoms with van der Waals surface area (Å²) in [6.45, 7) is 0. The molecule has 7 nitrogen and oxygen atoms in total. The molecule has 11 heteroatoms. The maximum atomic E-state index is 13.7. The lowest BCUT2D eigenvalue weighted by Gasteiger charge is -2.13. The standard InChI is InChI=1S/C31H24ClF3N4O3/c1-42-31(40)37-23-10-4-19(5-11-23)27-16-36-30(38-27)26(14-18-2-8-22(33)9-3-18)28-13-6-20(17-39(28)41)25-15-21(32)7-12-24(25)29(34)35/h2-13,15-17,26,29H,14H2,1H3,(H2-,36,37,38,40,41)/p+1. The third-order valence-corrected chi connectivity index (χ3v) is 7.01. The number of pyridine rings is 1. The summed E-state index contributed by atoms with van der Waals surface area (Å²) in [4.78, 5) is 19.4. The highest BCUT2D eigenvalue weighted by molar-refractivity contribution is 6.30. The van der Waals surface area contributed by atoms with E-state index in [4.69, 9.17) is 16.6 Å². The number of nitrogens with one attached hydrogen (secondary N) is 2. The molecule has 0 saturated carbocycles. The number of halogens is 4. The molecule has 0 bridgehead atoms. The predicted molar refractivity (Wildman–Crippen MR) is 151 cm³/mol. The first-order valence-corrected chi connectivity index (χ1v) is 13.2. The molecule has 3 N–H and O–H groups in total. The van der Waals surface area contributed by atoms with Crippen LogP contribution < -0.4 is 10.0 Å². The van der Waals surface area contributed by atoms with Crippen molar-refractivity contribution in [2.45, 2.75) is 18.8 Å². The molecule has 3 aromatic carbocycles. The van der Waals surface area contributed by atoms with Crippen LogP contribution >= 0.6 is 11.6 Å². The van der Waals surface area contributed by atoms with E-state index < -0.39 is 18.4 Å². The van der Waals surface area contributed by atoms with Crippen LogP contribution in [-0.4, -0.2) is 28.4 Å². The Morgan fingerprint density at radius 2 is 1.76 bits per heavy atom. The lowest BCUT2D eigenvalue weighted by atomic mass is 9.93. The van der Waals surface area contributed by atoms with Gasteiger partial charge in [0.25, 0.3) is 6.43 Å². The Hall–Kier alpha value is -4.83. The van der Waals surface area contributed by atoms with E-state index in [2.05, 4.69) is 15.0 Å². The maximum absolute atomic E-state index is 13.7. The van der Waals surface area contributed by atoms with Gasteiger partial charge in [0.2, 0.25) is 11.9 Å². The van der Waals surface area contributed by atoms with E-state index in [1.54, 1.807) is 54.7 Å². The minimum atomic E-state index is -2.73. The average molecular weight is 594 g/mol. The summed E-state index contributed by atoms with van der Waals surface area (Å²) in [5, 5.41) is 14.0. The smallest absolute Gasteiger partial charge is 0.411 e. The van der Waals surface area contributed by atoms with E-state index in [9.17, 15) is 23.2 Å². The molecule has 5 aromatic rings. The van der Waals surface area contributed by atoms with Crippen LogP contribution in [0.2, 0.25) is 5.02 Å². The molecule has 2 heterocycles. The van der Waals surface area contributed by atoms with Crippen molar-refractivity contribution in [3.63, 3.8) is 0 Å². The number of hydrogen-bond acceptors (Lipinski definition) is 4. The Morgan fingerprint density at radius 3 is 2.43 bits per heavy atom. The lowest BCUT2D eigenvalue weighted by Crippen LogP contribution is -2.37. The highest BCUT2D eigenvalue weighted by atomic mass is 35.5. The van der Waals surface area contributed by atoms with Crippen molar-refractivity contribution in [2.24, 2.45) is 0 Å². The SMILES string of the molecule is COC(=O)Nc1ccc(-c2c[nH]c(C(Cc3ccc(F)cc3)c3ccc(-c4cc(Cl)ccc4C(F)F)c[n+]3O)n2)cc1. The molecule has 1 atom stereocenters. The number of nitrogens with zero attached hydrogens (tertiary/aromatic N) is 2.